The molecule has 0 bridgehead atoms. The molecular weight excluding hydrogens is 250 g/mol. The van der Waals surface area contributed by atoms with Gasteiger partial charge in [0.25, 0.3) is 0 Å². The van der Waals surface area contributed by atoms with Crippen LogP contribution in [-0.2, 0) is 11.2 Å². The lowest BCUT2D eigenvalue weighted by molar-refractivity contribution is -0.126. The Morgan fingerprint density at radius 3 is 2.95 bits per heavy atom. The molecule has 3 N–H and O–H groups in total. The average Bonchev–Trinajstić information content (AvgIpc) is 2.50. The molecule has 1 aromatic rings. The molecule has 2 rings (SSSR count). The van der Waals surface area contributed by atoms with Crippen LogP contribution in [0.3, 0.4) is 0 Å². The Bertz CT molecular complexity index is 461. The Morgan fingerprint density at radius 1 is 1.50 bits per heavy atom. The number of nitrogens with zero attached hydrogens (tertiary/aromatic N) is 1. The summed E-state index contributed by atoms with van der Waals surface area (Å²) in [7, 11) is 0. The molecule has 0 aromatic heterocycles. The normalized spacial score (nSPS) is 20.2. The number of carbonyl (C=O) groups excluding carboxylic acids is 1. The van der Waals surface area contributed by atoms with Crippen LogP contribution in [0, 0.1) is 0 Å². The fourth-order valence-corrected chi connectivity index (χ4v) is 2.94. The Kier molecular flexibility index (Phi) is 5.15. The van der Waals surface area contributed by atoms with Gasteiger partial charge in [-0.3, -0.25) is 9.69 Å². The van der Waals surface area contributed by atoms with E-state index in [1.807, 2.05) is 13.0 Å². The third-order valence-electron chi connectivity index (χ3n) is 4.10. The lowest BCUT2D eigenvalue weighted by Crippen LogP contribution is -2.50. The fraction of sp³-hybridized carbons (Fsp3) is 0.562. The lowest BCUT2D eigenvalue weighted by Gasteiger charge is -2.39. The zero-order chi connectivity index (χ0) is 14.5. The first-order valence-electron chi connectivity index (χ1n) is 7.50. The molecule has 20 heavy (non-hydrogen) atoms. The van der Waals surface area contributed by atoms with Crippen LogP contribution in [-0.4, -0.2) is 36.5 Å². The zero-order valence-electron chi connectivity index (χ0n) is 12.4. The van der Waals surface area contributed by atoms with Crippen molar-refractivity contribution in [2.75, 3.05) is 19.6 Å². The number of benzene rings is 1. The van der Waals surface area contributed by atoms with E-state index < -0.39 is 0 Å². The van der Waals surface area contributed by atoms with E-state index in [9.17, 15) is 4.79 Å². The second kappa shape index (κ2) is 6.86. The van der Waals surface area contributed by atoms with Gasteiger partial charge in [-0.2, -0.15) is 0 Å². The molecule has 1 amide bonds. The number of nitrogens with two attached hydrogens (primary N) is 1. The zero-order valence-corrected chi connectivity index (χ0v) is 12.4. The van der Waals surface area contributed by atoms with Gasteiger partial charge in [0.1, 0.15) is 0 Å². The van der Waals surface area contributed by atoms with Gasteiger partial charge in [0.2, 0.25) is 5.91 Å². The summed E-state index contributed by atoms with van der Waals surface area (Å²) in [6.07, 6.45) is 1.94. The van der Waals surface area contributed by atoms with E-state index in [4.69, 9.17) is 5.73 Å². The van der Waals surface area contributed by atoms with Crippen LogP contribution in [0.25, 0.3) is 0 Å². The van der Waals surface area contributed by atoms with Gasteiger partial charge < -0.3 is 11.1 Å². The molecule has 1 aliphatic heterocycles. The summed E-state index contributed by atoms with van der Waals surface area (Å²) in [4.78, 5) is 14.4. The molecule has 4 nitrogen and oxygen atoms in total. The lowest BCUT2D eigenvalue weighted by atomic mass is 9.91. The fourth-order valence-electron chi connectivity index (χ4n) is 2.94. The van der Waals surface area contributed by atoms with Crippen LogP contribution >= 0.6 is 0 Å². The smallest absolute Gasteiger partial charge is 0.237 e. The van der Waals surface area contributed by atoms with Crippen LogP contribution in [0.2, 0.25) is 0 Å². The van der Waals surface area contributed by atoms with Crippen molar-refractivity contribution in [3.63, 3.8) is 0 Å². The molecule has 4 heteroatoms. The van der Waals surface area contributed by atoms with Crippen molar-refractivity contribution >= 4 is 5.91 Å². The molecule has 0 radical (unpaired) electrons. The van der Waals surface area contributed by atoms with Crippen molar-refractivity contribution in [3.8, 4) is 0 Å². The molecule has 1 aliphatic rings. The van der Waals surface area contributed by atoms with Gasteiger partial charge in [-0.05, 0) is 30.9 Å². The van der Waals surface area contributed by atoms with Gasteiger partial charge in [0.15, 0.2) is 0 Å². The number of rotatable bonds is 5. The van der Waals surface area contributed by atoms with Crippen molar-refractivity contribution in [1.82, 2.24) is 10.2 Å². The van der Waals surface area contributed by atoms with Gasteiger partial charge in [-0.15, -0.1) is 0 Å². The topological polar surface area (TPSA) is 58.4 Å². The van der Waals surface area contributed by atoms with E-state index in [-0.39, 0.29) is 18.0 Å². The van der Waals surface area contributed by atoms with Crippen LogP contribution in [0.1, 0.15) is 37.4 Å². The predicted molar refractivity (Wildman–Crippen MR) is 81.4 cm³/mol. The molecule has 2 unspecified atom stereocenters. The standard InChI is InChI=1S/C16H25N3O/c1-3-9-18-16(20)12(2)19-10-8-13-6-4-5-7-14(13)15(19)11-17/h4-7,12,15H,3,8-11,17H2,1-2H3,(H,18,20). The molecule has 1 aromatic carbocycles. The molecule has 0 spiro atoms. The van der Waals surface area contributed by atoms with Crippen LogP contribution < -0.4 is 11.1 Å². The number of carbonyl (C=O) groups is 1. The minimum Gasteiger partial charge on any atom is -0.355 e. The summed E-state index contributed by atoms with van der Waals surface area (Å²) in [5, 5.41) is 2.98. The number of nitrogens with one attached hydrogen (secondary N) is 1. The molecule has 0 saturated carbocycles. The van der Waals surface area contributed by atoms with Crippen molar-refractivity contribution < 1.29 is 4.79 Å². The number of hydrogen-bond donors (Lipinski definition) is 2. The number of fused-ring (bicyclic) bond motifs is 1. The van der Waals surface area contributed by atoms with Gasteiger partial charge in [-0.1, -0.05) is 31.2 Å². The predicted octanol–water partition coefficient (Wildman–Crippen LogP) is 1.46. The number of amides is 1. The molecule has 1 heterocycles. The quantitative estimate of drug-likeness (QED) is 0.855. The van der Waals surface area contributed by atoms with E-state index in [0.29, 0.717) is 6.54 Å². The van der Waals surface area contributed by atoms with Crippen LogP contribution in [0.4, 0.5) is 0 Å². The summed E-state index contributed by atoms with van der Waals surface area (Å²) < 4.78 is 0. The number of hydrogen-bond acceptors (Lipinski definition) is 3. The van der Waals surface area contributed by atoms with Crippen LogP contribution in [0.15, 0.2) is 24.3 Å². The summed E-state index contributed by atoms with van der Waals surface area (Å²) in [5.74, 6) is 0.102. The molecule has 0 saturated heterocycles. The molecule has 0 aliphatic carbocycles. The minimum absolute atomic E-state index is 0.102. The Labute approximate surface area is 121 Å². The molecule has 0 fully saturated rings. The van der Waals surface area contributed by atoms with Gasteiger partial charge in [0.05, 0.1) is 6.04 Å². The Hall–Kier alpha value is -1.39. The summed E-state index contributed by atoms with van der Waals surface area (Å²) in [6, 6.07) is 8.42. The first kappa shape index (κ1) is 15.0. The third-order valence-corrected chi connectivity index (χ3v) is 4.10. The van der Waals surface area contributed by atoms with Crippen molar-refractivity contribution in [2.24, 2.45) is 5.73 Å². The second-order valence-electron chi connectivity index (χ2n) is 5.41. The maximum Gasteiger partial charge on any atom is 0.237 e. The summed E-state index contributed by atoms with van der Waals surface area (Å²) >= 11 is 0. The highest BCUT2D eigenvalue weighted by Crippen LogP contribution is 2.30. The van der Waals surface area contributed by atoms with Crippen LogP contribution in [0.5, 0.6) is 0 Å². The van der Waals surface area contributed by atoms with Crippen molar-refractivity contribution in [2.45, 2.75) is 38.8 Å². The van der Waals surface area contributed by atoms with Gasteiger partial charge >= 0.3 is 0 Å². The van der Waals surface area contributed by atoms with Gasteiger partial charge in [-0.25, -0.2) is 0 Å². The largest absolute Gasteiger partial charge is 0.355 e. The Balaban J connectivity index is 2.15. The average molecular weight is 275 g/mol. The molecular formula is C16H25N3O. The van der Waals surface area contributed by atoms with E-state index in [2.05, 4.69) is 35.3 Å². The minimum atomic E-state index is -0.136. The monoisotopic (exact) mass is 275 g/mol. The third kappa shape index (κ3) is 3.02. The summed E-state index contributed by atoms with van der Waals surface area (Å²) in [5.41, 5.74) is 8.61. The highest BCUT2D eigenvalue weighted by atomic mass is 16.2. The SMILES string of the molecule is CCCNC(=O)C(C)N1CCc2ccccc2C1CN. The highest BCUT2D eigenvalue weighted by molar-refractivity contribution is 5.81. The molecule has 110 valence electrons. The summed E-state index contributed by atoms with van der Waals surface area (Å²) in [6.45, 7) is 6.20. The van der Waals surface area contributed by atoms with E-state index >= 15 is 0 Å². The Morgan fingerprint density at radius 2 is 2.25 bits per heavy atom. The first-order valence-corrected chi connectivity index (χ1v) is 7.50. The highest BCUT2D eigenvalue weighted by Gasteiger charge is 2.32. The van der Waals surface area contributed by atoms with Crippen molar-refractivity contribution in [3.05, 3.63) is 35.4 Å². The van der Waals surface area contributed by atoms with Gasteiger partial charge in [0, 0.05) is 25.7 Å². The van der Waals surface area contributed by atoms with E-state index in [0.717, 1.165) is 25.9 Å². The maximum absolute atomic E-state index is 12.2. The first-order chi connectivity index (χ1) is 9.69. The van der Waals surface area contributed by atoms with Crippen molar-refractivity contribution in [1.29, 1.82) is 0 Å². The van der Waals surface area contributed by atoms with E-state index in [1.54, 1.807) is 0 Å². The van der Waals surface area contributed by atoms with E-state index in [1.165, 1.54) is 11.1 Å². The maximum atomic E-state index is 12.2. The second-order valence-corrected chi connectivity index (χ2v) is 5.41. The molecule has 2 atom stereocenters.